The van der Waals surface area contributed by atoms with Crippen LogP contribution in [0.4, 0.5) is 5.82 Å². The van der Waals surface area contributed by atoms with Crippen LogP contribution in [0.3, 0.4) is 0 Å². The van der Waals surface area contributed by atoms with Gasteiger partial charge in [0.25, 0.3) is 0 Å². The first-order valence-electron chi connectivity index (χ1n) is 3.02. The van der Waals surface area contributed by atoms with E-state index in [4.69, 9.17) is 16.6 Å². The Hall–Kier alpha value is -1.27. The van der Waals surface area contributed by atoms with Crippen LogP contribution in [0.2, 0.25) is 0 Å². The Bertz CT molecular complexity index is 166. The lowest BCUT2D eigenvalue weighted by Crippen LogP contribution is -2.02. The van der Waals surface area contributed by atoms with Crippen molar-refractivity contribution < 1.29 is 5.11 Å². The van der Waals surface area contributed by atoms with Gasteiger partial charge in [0.2, 0.25) is 0 Å². The maximum absolute atomic E-state index is 7.75. The van der Waals surface area contributed by atoms with Crippen molar-refractivity contribution in [2.24, 2.45) is 5.73 Å². The number of nitrogens with two attached hydrogens (primary N) is 2. The number of hydrogen-bond acceptors (Lipinski definition) is 6. The molecule has 0 amide bonds. The fraction of sp³-hybridized carbons (Fsp3) is 0.400. The number of anilines is 1. The molecule has 0 fully saturated rings. The zero-order valence-electron chi connectivity index (χ0n) is 6.01. The van der Waals surface area contributed by atoms with Gasteiger partial charge in [0.1, 0.15) is 5.82 Å². The second-order valence-electron chi connectivity index (χ2n) is 1.56. The smallest absolute Gasteiger partial charge is 0.149 e. The summed E-state index contributed by atoms with van der Waals surface area (Å²) in [4.78, 5) is 0. The van der Waals surface area contributed by atoms with Gasteiger partial charge >= 0.3 is 0 Å². The fourth-order valence-corrected chi connectivity index (χ4v) is 0.250. The molecule has 6 nitrogen and oxygen atoms in total. The third kappa shape index (κ3) is 6.62. The third-order valence-electron chi connectivity index (χ3n) is 0.653. The van der Waals surface area contributed by atoms with Crippen LogP contribution in [0.5, 0.6) is 0 Å². The molecule has 1 aromatic rings. The van der Waals surface area contributed by atoms with Crippen molar-refractivity contribution in [1.82, 2.24) is 15.4 Å². The minimum atomic E-state index is 0.0972. The number of rotatable bonds is 1. The molecular formula is C5H11N5O. The molecule has 0 unspecified atom stereocenters. The maximum Gasteiger partial charge on any atom is 0.149 e. The second-order valence-corrected chi connectivity index (χ2v) is 1.56. The van der Waals surface area contributed by atoms with E-state index in [1.807, 2.05) is 0 Å². The Morgan fingerprint density at radius 2 is 2.18 bits per heavy atom. The van der Waals surface area contributed by atoms with E-state index >= 15 is 0 Å². The first-order valence-corrected chi connectivity index (χ1v) is 3.02. The lowest BCUT2D eigenvalue weighted by atomic mass is 10.6. The molecule has 1 aromatic heterocycles. The normalized spacial score (nSPS) is 8.18. The highest BCUT2D eigenvalue weighted by atomic mass is 16.3. The van der Waals surface area contributed by atoms with Crippen molar-refractivity contribution in [1.29, 1.82) is 0 Å². The number of nitrogen functional groups attached to an aromatic ring is 1. The van der Waals surface area contributed by atoms with Crippen molar-refractivity contribution in [3.8, 4) is 0 Å². The molecule has 0 bridgehead atoms. The molecule has 0 atom stereocenters. The molecule has 0 spiro atoms. The number of aliphatic hydroxyl groups excluding tert-OH is 1. The van der Waals surface area contributed by atoms with Crippen molar-refractivity contribution in [2.45, 2.75) is 0 Å². The summed E-state index contributed by atoms with van der Waals surface area (Å²) in [5.74, 6) is 0.398. The van der Waals surface area contributed by atoms with Gasteiger partial charge in [-0.15, -0.1) is 10.2 Å². The molecule has 0 aliphatic carbocycles. The minimum Gasteiger partial charge on any atom is -0.395 e. The van der Waals surface area contributed by atoms with E-state index in [1.165, 1.54) is 6.20 Å². The molecule has 11 heavy (non-hydrogen) atoms. The van der Waals surface area contributed by atoms with E-state index in [1.54, 1.807) is 6.07 Å². The molecule has 0 saturated carbocycles. The van der Waals surface area contributed by atoms with Crippen molar-refractivity contribution in [3.05, 3.63) is 12.3 Å². The van der Waals surface area contributed by atoms with Gasteiger partial charge in [0.15, 0.2) is 0 Å². The Morgan fingerprint density at radius 3 is 2.36 bits per heavy atom. The van der Waals surface area contributed by atoms with Crippen molar-refractivity contribution >= 4 is 5.82 Å². The fourth-order valence-electron chi connectivity index (χ4n) is 0.250. The lowest BCUT2D eigenvalue weighted by molar-refractivity contribution is 0.306. The van der Waals surface area contributed by atoms with Crippen LogP contribution in [-0.4, -0.2) is 33.7 Å². The first kappa shape index (κ1) is 9.73. The predicted molar refractivity (Wildman–Crippen MR) is 40.4 cm³/mol. The van der Waals surface area contributed by atoms with Gasteiger partial charge in [0.05, 0.1) is 12.8 Å². The lowest BCUT2D eigenvalue weighted by Gasteiger charge is -1.80. The standard InChI is InChI=1S/C3H4N4.C2H7NO/c4-3-1-2-5-7-6-3;3-1-2-4/h1-2H,(H2,4,5,6);4H,1-3H2. The summed E-state index contributed by atoms with van der Waals surface area (Å²) in [5, 5.41) is 17.8. The summed E-state index contributed by atoms with van der Waals surface area (Å²) in [6.45, 7) is 0.472. The Morgan fingerprint density at radius 1 is 1.55 bits per heavy atom. The monoisotopic (exact) mass is 157 g/mol. The number of nitrogens with zero attached hydrogens (tertiary/aromatic N) is 3. The zero-order valence-corrected chi connectivity index (χ0v) is 6.01. The number of hydrogen-bond donors (Lipinski definition) is 3. The van der Waals surface area contributed by atoms with Crippen LogP contribution < -0.4 is 11.5 Å². The summed E-state index contributed by atoms with van der Waals surface area (Å²) >= 11 is 0. The maximum atomic E-state index is 7.75. The molecule has 0 saturated heterocycles. The van der Waals surface area contributed by atoms with Gasteiger partial charge in [-0.2, -0.15) is 0 Å². The van der Waals surface area contributed by atoms with E-state index in [9.17, 15) is 0 Å². The topological polar surface area (TPSA) is 111 Å². The second kappa shape index (κ2) is 6.84. The molecule has 0 aliphatic heterocycles. The Labute approximate surface area is 64.2 Å². The number of aliphatic hydroxyl groups is 1. The van der Waals surface area contributed by atoms with Crippen LogP contribution in [0.1, 0.15) is 0 Å². The zero-order chi connectivity index (χ0) is 8.53. The van der Waals surface area contributed by atoms with Gasteiger partial charge in [-0.3, -0.25) is 0 Å². The molecule has 1 rings (SSSR count). The summed E-state index contributed by atoms with van der Waals surface area (Å²) in [5.41, 5.74) is 9.92. The van der Waals surface area contributed by atoms with E-state index in [0.29, 0.717) is 12.4 Å². The van der Waals surface area contributed by atoms with Gasteiger partial charge in [-0.05, 0) is 5.21 Å². The highest BCUT2D eigenvalue weighted by molar-refractivity contribution is 5.21. The molecule has 0 aliphatic rings. The molecule has 6 heteroatoms. The van der Waals surface area contributed by atoms with E-state index in [2.05, 4.69) is 15.4 Å². The van der Waals surface area contributed by atoms with Crippen LogP contribution >= 0.6 is 0 Å². The summed E-state index contributed by atoms with van der Waals surface area (Å²) in [7, 11) is 0. The third-order valence-corrected chi connectivity index (χ3v) is 0.653. The largest absolute Gasteiger partial charge is 0.395 e. The van der Waals surface area contributed by atoms with Gasteiger partial charge in [-0.1, -0.05) is 0 Å². The van der Waals surface area contributed by atoms with E-state index in [0.717, 1.165) is 0 Å². The quantitative estimate of drug-likeness (QED) is 0.452. The average molecular weight is 157 g/mol. The minimum absolute atomic E-state index is 0.0972. The van der Waals surface area contributed by atoms with Crippen molar-refractivity contribution in [3.63, 3.8) is 0 Å². The Kier molecular flexibility index (Phi) is 6.05. The van der Waals surface area contributed by atoms with Gasteiger partial charge < -0.3 is 16.6 Å². The van der Waals surface area contributed by atoms with E-state index in [-0.39, 0.29) is 6.61 Å². The van der Waals surface area contributed by atoms with Crippen LogP contribution in [0.25, 0.3) is 0 Å². The molecule has 0 aromatic carbocycles. The molecule has 5 N–H and O–H groups in total. The van der Waals surface area contributed by atoms with Gasteiger partial charge in [0, 0.05) is 12.6 Å². The highest BCUT2D eigenvalue weighted by Gasteiger charge is 1.76. The highest BCUT2D eigenvalue weighted by Crippen LogP contribution is 1.83. The van der Waals surface area contributed by atoms with Crippen LogP contribution in [0.15, 0.2) is 12.3 Å². The predicted octanol–water partition coefficient (Wildman–Crippen LogP) is -1.61. The SMILES string of the molecule is NCCO.Nc1ccnnn1. The molecule has 62 valence electrons. The summed E-state index contributed by atoms with van der Waals surface area (Å²) in [6.07, 6.45) is 1.49. The summed E-state index contributed by atoms with van der Waals surface area (Å²) < 4.78 is 0. The average Bonchev–Trinajstić information content (AvgIpc) is 2.07. The number of aromatic nitrogens is 3. The van der Waals surface area contributed by atoms with Gasteiger partial charge in [-0.25, -0.2) is 0 Å². The molecule has 1 heterocycles. The first-order chi connectivity index (χ1) is 5.31. The van der Waals surface area contributed by atoms with Crippen molar-refractivity contribution in [2.75, 3.05) is 18.9 Å². The van der Waals surface area contributed by atoms with E-state index < -0.39 is 0 Å². The Balaban J connectivity index is 0.000000218. The van der Waals surface area contributed by atoms with Crippen LogP contribution in [0, 0.1) is 0 Å². The summed E-state index contributed by atoms with van der Waals surface area (Å²) in [6, 6.07) is 1.58. The molecular weight excluding hydrogens is 146 g/mol. The van der Waals surface area contributed by atoms with Crippen LogP contribution in [-0.2, 0) is 0 Å². The molecule has 0 radical (unpaired) electrons.